The molecule has 0 atom stereocenters. The molecule has 0 aromatic rings. The standard InChI is InChI=1S/C128H258O2/c129-127-125-123-121-119-117-115-113-111-109-107-105-103-101-99-97-95-93-91-89-87-85-83-81-79-77-75-73-71-69-67-65-63-61-59-57-55-53-51-49-47-45-43-41-39-37-35-33-31-29-27-25-23-21-19-17-15-13-11-9-7-5-3-1-2-4-6-8-10-12-14-16-18-20-22-24-26-28-30-32-34-36-38-40-42-44-46-48-50-52-54-56-58-60-62-64-66-68-70-72-74-76-78-80-82-84-86-88-90-92-94-96-98-100-102-104-106-108-110-112-114-116-118-120-122-124-126-128-130/h129-130H,1-128H2. The summed E-state index contributed by atoms with van der Waals surface area (Å²) < 4.78 is 0. The maximum Gasteiger partial charge on any atom is 0.0431 e. The number of unbranched alkanes of at least 4 members (excludes halogenated alkanes) is 125. The van der Waals surface area contributed by atoms with Crippen LogP contribution in [0.3, 0.4) is 0 Å². The highest BCUT2D eigenvalue weighted by molar-refractivity contribution is 4.62. The third kappa shape index (κ3) is 128. The largest absolute Gasteiger partial charge is 0.396 e. The molecule has 0 amide bonds. The first-order chi connectivity index (χ1) is 64.9. The average molecular weight is 1830 g/mol. The van der Waals surface area contributed by atoms with Crippen LogP contribution < -0.4 is 0 Å². The highest BCUT2D eigenvalue weighted by atomic mass is 16.3. The SMILES string of the molecule is OCCCCCCCCCCCCCCCCCCCCCCCCCCCCCCCCCCCCCCCCCCCCCCCCCCCCCCCCCCCCCCCCCCCCCCCCCCCCCCCCCCCCCCCCCCCCCCCCCCCCCCCCCCCCCCCCCCCCCCCCCCCCCCCCO. The van der Waals surface area contributed by atoms with Crippen LogP contribution in [0.4, 0.5) is 0 Å². The van der Waals surface area contributed by atoms with Gasteiger partial charge in [0.25, 0.3) is 0 Å². The average Bonchev–Trinajstić information content (AvgIpc) is 1.16. The number of aliphatic hydroxyl groups is 2. The minimum Gasteiger partial charge on any atom is -0.396 e. The van der Waals surface area contributed by atoms with Gasteiger partial charge >= 0.3 is 0 Å². The van der Waals surface area contributed by atoms with Crippen molar-refractivity contribution >= 4 is 0 Å². The second-order valence-electron chi connectivity index (χ2n) is 45.0. The zero-order valence-electron chi connectivity index (χ0n) is 91.4. The van der Waals surface area contributed by atoms with Crippen molar-refractivity contribution in [2.75, 3.05) is 13.2 Å². The molecule has 0 saturated heterocycles. The molecule has 0 aliphatic rings. The second kappa shape index (κ2) is 129. The summed E-state index contributed by atoms with van der Waals surface area (Å²) in [5.41, 5.74) is 0. The van der Waals surface area contributed by atoms with Gasteiger partial charge in [0.1, 0.15) is 0 Å². The van der Waals surface area contributed by atoms with Gasteiger partial charge in [0, 0.05) is 13.2 Å². The van der Waals surface area contributed by atoms with Gasteiger partial charge in [0.15, 0.2) is 0 Å². The Morgan fingerprint density at radius 2 is 0.0615 bits per heavy atom. The zero-order chi connectivity index (χ0) is 92.5. The third-order valence-electron chi connectivity index (χ3n) is 31.6. The molecule has 2 heteroatoms. The maximum absolute atomic E-state index is 8.87. The molecule has 0 aromatic heterocycles. The van der Waals surface area contributed by atoms with Crippen LogP contribution in [-0.4, -0.2) is 23.4 Å². The van der Waals surface area contributed by atoms with Crippen LogP contribution >= 0.6 is 0 Å². The van der Waals surface area contributed by atoms with E-state index < -0.39 is 0 Å². The van der Waals surface area contributed by atoms with Gasteiger partial charge in [-0.3, -0.25) is 0 Å². The Bertz CT molecular complexity index is 1560. The maximum atomic E-state index is 8.87. The summed E-state index contributed by atoms with van der Waals surface area (Å²) in [4.78, 5) is 0. The van der Waals surface area contributed by atoms with E-state index in [4.69, 9.17) is 10.2 Å². The van der Waals surface area contributed by atoms with Gasteiger partial charge in [-0.2, -0.15) is 0 Å². The van der Waals surface area contributed by atoms with Gasteiger partial charge in [-0.05, 0) is 12.8 Å². The summed E-state index contributed by atoms with van der Waals surface area (Å²) in [7, 11) is 0. The minimum atomic E-state index is 0.375. The molecule has 0 rings (SSSR count). The summed E-state index contributed by atoms with van der Waals surface area (Å²) in [5.74, 6) is 0. The van der Waals surface area contributed by atoms with E-state index in [0.29, 0.717) is 13.2 Å². The van der Waals surface area contributed by atoms with Crippen LogP contribution in [0.5, 0.6) is 0 Å². The molecule has 0 saturated carbocycles. The first-order valence-electron chi connectivity index (χ1n) is 64.1. The van der Waals surface area contributed by atoms with Gasteiger partial charge in [0.2, 0.25) is 0 Å². The lowest BCUT2D eigenvalue weighted by Gasteiger charge is -2.05. The number of aliphatic hydroxyl groups excluding tert-OH is 2. The van der Waals surface area contributed by atoms with Crippen LogP contribution in [-0.2, 0) is 0 Å². The fourth-order valence-corrected chi connectivity index (χ4v) is 22.1. The lowest BCUT2D eigenvalue weighted by molar-refractivity contribution is 0.282. The van der Waals surface area contributed by atoms with Crippen molar-refractivity contribution in [3.8, 4) is 0 Å². The lowest BCUT2D eigenvalue weighted by atomic mass is 10.0. The molecule has 2 N–H and O–H groups in total. The number of hydrogen-bond donors (Lipinski definition) is 2. The van der Waals surface area contributed by atoms with E-state index in [1.807, 2.05) is 0 Å². The van der Waals surface area contributed by atoms with Crippen LogP contribution in [0.15, 0.2) is 0 Å². The summed E-state index contributed by atoms with van der Waals surface area (Å²) >= 11 is 0. The van der Waals surface area contributed by atoms with E-state index in [1.54, 1.807) is 0 Å². The summed E-state index contributed by atoms with van der Waals surface area (Å²) in [6.45, 7) is 0.749. The smallest absolute Gasteiger partial charge is 0.0431 e. The van der Waals surface area contributed by atoms with Gasteiger partial charge < -0.3 is 10.2 Å². The predicted molar refractivity (Wildman–Crippen MR) is 596 cm³/mol. The van der Waals surface area contributed by atoms with Crippen molar-refractivity contribution in [2.45, 2.75) is 809 Å². The Morgan fingerprint density at radius 3 is 0.0846 bits per heavy atom. The first-order valence-corrected chi connectivity index (χ1v) is 64.1. The molecule has 782 valence electrons. The molecule has 130 heavy (non-hydrogen) atoms. The Hall–Kier alpha value is -0.0800. The fourth-order valence-electron chi connectivity index (χ4n) is 22.1. The molecule has 0 bridgehead atoms. The molecule has 0 fully saturated rings. The highest BCUT2D eigenvalue weighted by Gasteiger charge is 2.07. The predicted octanol–water partition coefficient (Wildman–Crippen LogP) is 48.1. The molecule has 0 aliphatic carbocycles. The molecule has 0 radical (unpaired) electrons. The molecule has 2 nitrogen and oxygen atoms in total. The van der Waals surface area contributed by atoms with Crippen molar-refractivity contribution < 1.29 is 10.2 Å². The van der Waals surface area contributed by atoms with E-state index >= 15 is 0 Å². The van der Waals surface area contributed by atoms with Crippen LogP contribution in [0.25, 0.3) is 0 Å². The van der Waals surface area contributed by atoms with E-state index in [1.165, 1.54) is 796 Å². The lowest BCUT2D eigenvalue weighted by Crippen LogP contribution is -1.85. The van der Waals surface area contributed by atoms with E-state index in [-0.39, 0.29) is 0 Å². The Labute approximate surface area is 827 Å². The fraction of sp³-hybridized carbons (Fsp3) is 1.00. The van der Waals surface area contributed by atoms with Crippen LogP contribution in [0.1, 0.15) is 809 Å². The molecule has 0 aliphatic heterocycles. The van der Waals surface area contributed by atoms with Crippen molar-refractivity contribution in [1.82, 2.24) is 0 Å². The monoisotopic (exact) mass is 1830 g/mol. The van der Waals surface area contributed by atoms with Crippen molar-refractivity contribution in [2.24, 2.45) is 0 Å². The summed E-state index contributed by atoms with van der Waals surface area (Å²) in [5, 5.41) is 17.7. The van der Waals surface area contributed by atoms with Crippen LogP contribution in [0, 0.1) is 0 Å². The molecular formula is C128H258O2. The van der Waals surface area contributed by atoms with E-state index in [0.717, 1.165) is 12.8 Å². The van der Waals surface area contributed by atoms with Gasteiger partial charge in [0.05, 0.1) is 0 Å². The molecular weight excluding hydrogens is 1570 g/mol. The van der Waals surface area contributed by atoms with Crippen molar-refractivity contribution in [1.29, 1.82) is 0 Å². The van der Waals surface area contributed by atoms with Crippen molar-refractivity contribution in [3.05, 3.63) is 0 Å². The highest BCUT2D eigenvalue weighted by Crippen LogP contribution is 2.26. The van der Waals surface area contributed by atoms with E-state index in [2.05, 4.69) is 0 Å². The number of rotatable bonds is 127. The van der Waals surface area contributed by atoms with E-state index in [9.17, 15) is 0 Å². The second-order valence-corrected chi connectivity index (χ2v) is 45.0. The molecule has 0 unspecified atom stereocenters. The summed E-state index contributed by atoms with van der Waals surface area (Å²) in [6, 6.07) is 0. The zero-order valence-corrected chi connectivity index (χ0v) is 91.4. The minimum absolute atomic E-state index is 0.375. The molecule has 0 heterocycles. The van der Waals surface area contributed by atoms with Gasteiger partial charge in [-0.15, -0.1) is 0 Å². The molecule has 0 spiro atoms. The Kier molecular flexibility index (Phi) is 129. The third-order valence-corrected chi connectivity index (χ3v) is 31.6. The first kappa shape index (κ1) is 130. The van der Waals surface area contributed by atoms with Gasteiger partial charge in [-0.1, -0.05) is 796 Å². The van der Waals surface area contributed by atoms with Crippen molar-refractivity contribution in [3.63, 3.8) is 0 Å². The normalized spacial score (nSPS) is 11.9. The number of hydrogen-bond acceptors (Lipinski definition) is 2. The summed E-state index contributed by atoms with van der Waals surface area (Å²) in [6.07, 6.45) is 186. The molecule has 0 aromatic carbocycles. The quantitative estimate of drug-likeness (QED) is 0.0596. The van der Waals surface area contributed by atoms with Crippen LogP contribution in [0.2, 0.25) is 0 Å². The van der Waals surface area contributed by atoms with Gasteiger partial charge in [-0.25, -0.2) is 0 Å². The topological polar surface area (TPSA) is 40.5 Å². The Balaban J connectivity index is 3.10. The Morgan fingerprint density at radius 1 is 0.0385 bits per heavy atom.